The Kier molecular flexibility index (Phi) is 7.44. The van der Waals surface area contributed by atoms with Gasteiger partial charge in [0.25, 0.3) is 0 Å². The SMILES string of the molecule is CCOc1cc(CCNC(=O)CC#N)ccc1OCc1ccccc1F. The number of nitrogens with one attached hydrogen (secondary N) is 1. The lowest BCUT2D eigenvalue weighted by molar-refractivity contribution is -0.120. The number of benzene rings is 2. The van der Waals surface area contributed by atoms with Crippen LogP contribution in [0.4, 0.5) is 4.39 Å². The van der Waals surface area contributed by atoms with Gasteiger partial charge in [-0.1, -0.05) is 24.3 Å². The summed E-state index contributed by atoms with van der Waals surface area (Å²) < 4.78 is 25.0. The van der Waals surface area contributed by atoms with Crippen molar-refractivity contribution in [1.82, 2.24) is 5.32 Å². The highest BCUT2D eigenvalue weighted by molar-refractivity contribution is 5.77. The standard InChI is InChI=1S/C20H21FN2O3/c1-2-25-19-13-15(10-12-23-20(24)9-11-22)7-8-18(19)26-14-16-5-3-4-6-17(16)21/h3-8,13H,2,9-10,12,14H2,1H3,(H,23,24). The molecule has 2 aromatic carbocycles. The molecule has 1 amide bonds. The van der Waals surface area contributed by atoms with Crippen LogP contribution in [0.1, 0.15) is 24.5 Å². The summed E-state index contributed by atoms with van der Waals surface area (Å²) in [4.78, 5) is 11.3. The summed E-state index contributed by atoms with van der Waals surface area (Å²) in [5.74, 6) is 0.509. The first kappa shape index (κ1) is 19.3. The first-order valence-electron chi connectivity index (χ1n) is 8.39. The minimum atomic E-state index is -0.310. The Morgan fingerprint density at radius 2 is 2.00 bits per heavy atom. The Morgan fingerprint density at radius 1 is 1.19 bits per heavy atom. The first-order chi connectivity index (χ1) is 12.6. The van der Waals surface area contributed by atoms with Crippen molar-refractivity contribution in [3.63, 3.8) is 0 Å². The molecular formula is C20H21FN2O3. The topological polar surface area (TPSA) is 71.3 Å². The number of ether oxygens (including phenoxy) is 2. The monoisotopic (exact) mass is 356 g/mol. The highest BCUT2D eigenvalue weighted by Gasteiger charge is 2.09. The normalized spacial score (nSPS) is 10.0. The van der Waals surface area contributed by atoms with Crippen molar-refractivity contribution in [2.45, 2.75) is 26.4 Å². The van der Waals surface area contributed by atoms with Gasteiger partial charge in [-0.15, -0.1) is 0 Å². The average Bonchev–Trinajstić information content (AvgIpc) is 2.63. The third-order valence-electron chi connectivity index (χ3n) is 3.62. The zero-order valence-electron chi connectivity index (χ0n) is 14.6. The van der Waals surface area contributed by atoms with Gasteiger partial charge in [-0.05, 0) is 37.1 Å². The molecule has 2 aromatic rings. The molecule has 26 heavy (non-hydrogen) atoms. The number of nitriles is 1. The zero-order chi connectivity index (χ0) is 18.8. The molecular weight excluding hydrogens is 335 g/mol. The van der Waals surface area contributed by atoms with E-state index in [0.29, 0.717) is 36.6 Å². The van der Waals surface area contributed by atoms with Crippen molar-refractivity contribution in [3.05, 3.63) is 59.4 Å². The molecule has 5 nitrogen and oxygen atoms in total. The van der Waals surface area contributed by atoms with Gasteiger partial charge in [0.2, 0.25) is 5.91 Å². The Hall–Kier alpha value is -3.07. The predicted octanol–water partition coefficient (Wildman–Crippen LogP) is 3.38. The maximum absolute atomic E-state index is 13.7. The van der Waals surface area contributed by atoms with E-state index < -0.39 is 0 Å². The molecule has 0 unspecified atom stereocenters. The molecule has 0 heterocycles. The fourth-order valence-corrected chi connectivity index (χ4v) is 2.35. The van der Waals surface area contributed by atoms with Gasteiger partial charge < -0.3 is 14.8 Å². The Labute approximate surface area is 152 Å². The third kappa shape index (κ3) is 5.78. The number of hydrogen-bond donors (Lipinski definition) is 1. The van der Waals surface area contributed by atoms with Crippen molar-refractivity contribution in [3.8, 4) is 17.6 Å². The maximum Gasteiger partial charge on any atom is 0.234 e. The molecule has 0 aliphatic rings. The number of rotatable bonds is 9. The van der Waals surface area contributed by atoms with E-state index in [4.69, 9.17) is 14.7 Å². The fourth-order valence-electron chi connectivity index (χ4n) is 2.35. The molecule has 2 rings (SSSR count). The summed E-state index contributed by atoms with van der Waals surface area (Å²) in [6.45, 7) is 2.88. The summed E-state index contributed by atoms with van der Waals surface area (Å²) in [5.41, 5.74) is 1.43. The number of carbonyl (C=O) groups excluding carboxylic acids is 1. The van der Waals surface area contributed by atoms with Crippen molar-refractivity contribution >= 4 is 5.91 Å². The van der Waals surface area contributed by atoms with Gasteiger partial charge in [-0.25, -0.2) is 4.39 Å². The van der Waals surface area contributed by atoms with Crippen LogP contribution in [0.2, 0.25) is 0 Å². The first-order valence-corrected chi connectivity index (χ1v) is 8.39. The van der Waals surface area contributed by atoms with Gasteiger partial charge in [0.15, 0.2) is 11.5 Å². The second-order valence-corrected chi connectivity index (χ2v) is 5.53. The molecule has 0 saturated heterocycles. The Bertz CT molecular complexity index is 787. The molecule has 0 aliphatic heterocycles. The van der Waals surface area contributed by atoms with Gasteiger partial charge in [0.1, 0.15) is 18.8 Å². The maximum atomic E-state index is 13.7. The van der Waals surface area contributed by atoms with Crippen LogP contribution in [-0.4, -0.2) is 19.1 Å². The largest absolute Gasteiger partial charge is 0.490 e. The molecule has 0 fully saturated rings. The number of nitrogens with zero attached hydrogens (tertiary/aromatic N) is 1. The van der Waals surface area contributed by atoms with Crippen LogP contribution in [-0.2, 0) is 17.8 Å². The summed E-state index contributed by atoms with van der Waals surface area (Å²) >= 11 is 0. The van der Waals surface area contributed by atoms with Gasteiger partial charge in [-0.2, -0.15) is 5.26 Å². The molecule has 136 valence electrons. The van der Waals surface area contributed by atoms with E-state index in [2.05, 4.69) is 5.32 Å². The van der Waals surface area contributed by atoms with Crippen molar-refractivity contribution < 1.29 is 18.7 Å². The number of halogens is 1. The molecule has 6 heteroatoms. The minimum absolute atomic E-state index is 0.107. The number of carbonyl (C=O) groups is 1. The highest BCUT2D eigenvalue weighted by Crippen LogP contribution is 2.29. The van der Waals surface area contributed by atoms with E-state index in [1.54, 1.807) is 30.3 Å². The van der Waals surface area contributed by atoms with Crippen molar-refractivity contribution in [1.29, 1.82) is 5.26 Å². The predicted molar refractivity (Wildman–Crippen MR) is 95.3 cm³/mol. The van der Waals surface area contributed by atoms with Crippen LogP contribution in [0.15, 0.2) is 42.5 Å². The quantitative estimate of drug-likeness (QED) is 0.748. The van der Waals surface area contributed by atoms with E-state index in [1.807, 2.05) is 19.1 Å². The molecule has 0 atom stereocenters. The lowest BCUT2D eigenvalue weighted by Crippen LogP contribution is -2.24. The van der Waals surface area contributed by atoms with E-state index in [1.165, 1.54) is 6.07 Å². The van der Waals surface area contributed by atoms with E-state index in [-0.39, 0.29) is 24.8 Å². The lowest BCUT2D eigenvalue weighted by Gasteiger charge is -2.14. The van der Waals surface area contributed by atoms with Gasteiger partial charge in [0.05, 0.1) is 12.7 Å². The molecule has 1 N–H and O–H groups in total. The van der Waals surface area contributed by atoms with Crippen LogP contribution >= 0.6 is 0 Å². The third-order valence-corrected chi connectivity index (χ3v) is 3.62. The second kappa shape index (κ2) is 10.0. The van der Waals surface area contributed by atoms with E-state index in [9.17, 15) is 9.18 Å². The van der Waals surface area contributed by atoms with E-state index >= 15 is 0 Å². The van der Waals surface area contributed by atoms with Crippen molar-refractivity contribution in [2.24, 2.45) is 0 Å². The fraction of sp³-hybridized carbons (Fsp3) is 0.300. The Morgan fingerprint density at radius 3 is 2.73 bits per heavy atom. The number of amides is 1. The second-order valence-electron chi connectivity index (χ2n) is 5.53. The average molecular weight is 356 g/mol. The summed E-state index contributed by atoms with van der Waals surface area (Å²) in [5, 5.41) is 11.1. The highest BCUT2D eigenvalue weighted by atomic mass is 19.1. The molecule has 0 aromatic heterocycles. The summed E-state index contributed by atoms with van der Waals surface area (Å²) in [6.07, 6.45) is 0.456. The van der Waals surface area contributed by atoms with Crippen LogP contribution in [0.3, 0.4) is 0 Å². The Balaban J connectivity index is 2.00. The minimum Gasteiger partial charge on any atom is -0.490 e. The smallest absolute Gasteiger partial charge is 0.234 e. The van der Waals surface area contributed by atoms with Crippen LogP contribution in [0, 0.1) is 17.1 Å². The van der Waals surface area contributed by atoms with Crippen LogP contribution in [0.5, 0.6) is 11.5 Å². The van der Waals surface area contributed by atoms with Gasteiger partial charge in [-0.3, -0.25) is 4.79 Å². The number of hydrogen-bond acceptors (Lipinski definition) is 4. The van der Waals surface area contributed by atoms with E-state index in [0.717, 1.165) is 5.56 Å². The molecule has 0 aliphatic carbocycles. The lowest BCUT2D eigenvalue weighted by atomic mass is 10.1. The molecule has 0 radical (unpaired) electrons. The van der Waals surface area contributed by atoms with Crippen LogP contribution < -0.4 is 14.8 Å². The van der Waals surface area contributed by atoms with Crippen molar-refractivity contribution in [2.75, 3.05) is 13.2 Å². The molecule has 0 spiro atoms. The summed E-state index contributed by atoms with van der Waals surface area (Å²) in [6, 6.07) is 13.8. The molecule has 0 saturated carbocycles. The molecule has 0 bridgehead atoms. The zero-order valence-corrected chi connectivity index (χ0v) is 14.6. The van der Waals surface area contributed by atoms with Gasteiger partial charge in [0, 0.05) is 12.1 Å². The van der Waals surface area contributed by atoms with Crippen LogP contribution in [0.25, 0.3) is 0 Å². The van der Waals surface area contributed by atoms with Gasteiger partial charge >= 0.3 is 0 Å². The summed E-state index contributed by atoms with van der Waals surface area (Å²) in [7, 11) is 0.